The Kier molecular flexibility index (Phi) is 6.79. The van der Waals surface area contributed by atoms with Crippen molar-refractivity contribution in [1.29, 1.82) is 0 Å². The summed E-state index contributed by atoms with van der Waals surface area (Å²) >= 11 is 5.95. The lowest BCUT2D eigenvalue weighted by Gasteiger charge is -2.26. The highest BCUT2D eigenvalue weighted by atomic mass is 35.5. The van der Waals surface area contributed by atoms with E-state index in [0.717, 1.165) is 16.7 Å². The lowest BCUT2D eigenvalue weighted by atomic mass is 10.0. The van der Waals surface area contributed by atoms with Gasteiger partial charge in [-0.05, 0) is 82.5 Å². The Hall–Kier alpha value is -3.06. The second-order valence-corrected chi connectivity index (χ2v) is 8.63. The lowest BCUT2D eigenvalue weighted by Crippen LogP contribution is -2.40. The Morgan fingerprint density at radius 3 is 2.25 bits per heavy atom. The summed E-state index contributed by atoms with van der Waals surface area (Å²) < 4.78 is 14.1. The van der Waals surface area contributed by atoms with E-state index in [-0.39, 0.29) is 5.69 Å². The third-order valence-electron chi connectivity index (χ3n) is 5.10. The Balaban J connectivity index is 1.89. The first-order valence-electron chi connectivity index (χ1n) is 10.4. The van der Waals surface area contributed by atoms with E-state index in [9.17, 15) is 9.59 Å². The molecule has 3 rings (SSSR count). The molecule has 0 saturated heterocycles. The fraction of sp³-hybridized carbons (Fsp3) is 0.375. The van der Waals surface area contributed by atoms with E-state index in [0.29, 0.717) is 35.4 Å². The zero-order valence-corrected chi connectivity index (χ0v) is 20.0. The van der Waals surface area contributed by atoms with Crippen molar-refractivity contribution in [2.75, 3.05) is 6.61 Å². The third kappa shape index (κ3) is 4.88. The van der Waals surface area contributed by atoms with Gasteiger partial charge in [0.15, 0.2) is 5.60 Å². The van der Waals surface area contributed by atoms with Gasteiger partial charge in [0.2, 0.25) is 0 Å². The third-order valence-corrected chi connectivity index (χ3v) is 5.36. The summed E-state index contributed by atoms with van der Waals surface area (Å²) in [6.45, 7) is 11.4. The van der Waals surface area contributed by atoms with Crippen molar-refractivity contribution in [3.63, 3.8) is 0 Å². The molecule has 1 heterocycles. The van der Waals surface area contributed by atoms with Crippen molar-refractivity contribution in [3.05, 3.63) is 74.4 Å². The van der Waals surface area contributed by atoms with Crippen LogP contribution in [0.2, 0.25) is 5.02 Å². The number of nitrogens with zero attached hydrogens (tertiary/aromatic N) is 3. The van der Waals surface area contributed by atoms with Gasteiger partial charge in [-0.25, -0.2) is 9.59 Å². The maximum Gasteiger partial charge on any atom is 0.351 e. The summed E-state index contributed by atoms with van der Waals surface area (Å²) in [6, 6.07) is 10.9. The van der Waals surface area contributed by atoms with Crippen LogP contribution in [0.5, 0.6) is 5.75 Å². The van der Waals surface area contributed by atoms with Crippen LogP contribution in [-0.2, 0) is 16.1 Å². The molecule has 0 bridgehead atoms. The Morgan fingerprint density at radius 1 is 1.09 bits per heavy atom. The van der Waals surface area contributed by atoms with E-state index in [1.165, 1.54) is 4.68 Å². The number of aryl methyl sites for hydroxylation is 3. The molecule has 1 aromatic heterocycles. The van der Waals surface area contributed by atoms with E-state index in [4.69, 9.17) is 21.1 Å². The normalized spacial score (nSPS) is 11.5. The first kappa shape index (κ1) is 23.6. The molecule has 0 aliphatic heterocycles. The quantitative estimate of drug-likeness (QED) is 0.492. The monoisotopic (exact) mass is 457 g/mol. The summed E-state index contributed by atoms with van der Waals surface area (Å²) in [4.78, 5) is 25.2. The molecule has 3 aromatic rings. The zero-order valence-electron chi connectivity index (χ0n) is 19.2. The van der Waals surface area contributed by atoms with E-state index in [1.807, 2.05) is 26.0 Å². The van der Waals surface area contributed by atoms with Gasteiger partial charge in [0.25, 0.3) is 0 Å². The lowest BCUT2D eigenvalue weighted by molar-refractivity contribution is -0.158. The van der Waals surface area contributed by atoms with Gasteiger partial charge in [-0.2, -0.15) is 9.78 Å². The number of carbonyl (C=O) groups is 1. The van der Waals surface area contributed by atoms with Gasteiger partial charge in [-0.1, -0.05) is 23.7 Å². The van der Waals surface area contributed by atoms with Crippen LogP contribution in [-0.4, -0.2) is 32.5 Å². The summed E-state index contributed by atoms with van der Waals surface area (Å²) in [7, 11) is 0. The van der Waals surface area contributed by atoms with Crippen molar-refractivity contribution in [1.82, 2.24) is 14.3 Å². The van der Waals surface area contributed by atoms with Crippen LogP contribution >= 0.6 is 11.6 Å². The maximum atomic E-state index is 13.0. The molecular formula is C24H28ClN3O4. The molecule has 7 nitrogen and oxygen atoms in total. The second kappa shape index (κ2) is 9.20. The molecule has 32 heavy (non-hydrogen) atoms. The molecule has 170 valence electrons. The molecule has 0 spiro atoms. The van der Waals surface area contributed by atoms with E-state index >= 15 is 0 Å². The van der Waals surface area contributed by atoms with Crippen LogP contribution in [0.15, 0.2) is 41.2 Å². The van der Waals surface area contributed by atoms with E-state index in [1.54, 1.807) is 56.5 Å². The topological polar surface area (TPSA) is 75.3 Å². The van der Waals surface area contributed by atoms with Crippen molar-refractivity contribution in [3.8, 4) is 11.4 Å². The molecule has 8 heteroatoms. The van der Waals surface area contributed by atoms with Crippen LogP contribution in [0.1, 0.15) is 43.3 Å². The zero-order chi connectivity index (χ0) is 23.6. The average Bonchev–Trinajstić information content (AvgIpc) is 3.00. The minimum Gasteiger partial charge on any atom is -0.476 e. The second-order valence-electron chi connectivity index (χ2n) is 8.20. The highest BCUT2D eigenvalue weighted by Crippen LogP contribution is 2.29. The molecule has 0 aliphatic rings. The van der Waals surface area contributed by atoms with Crippen LogP contribution in [0, 0.1) is 20.8 Å². The highest BCUT2D eigenvalue weighted by molar-refractivity contribution is 6.30. The van der Waals surface area contributed by atoms with Crippen molar-refractivity contribution >= 4 is 17.6 Å². The first-order chi connectivity index (χ1) is 15.0. The van der Waals surface area contributed by atoms with E-state index < -0.39 is 11.6 Å². The molecule has 0 amide bonds. The minimum atomic E-state index is -1.11. The molecular weight excluding hydrogens is 430 g/mol. The van der Waals surface area contributed by atoms with Crippen LogP contribution in [0.25, 0.3) is 5.69 Å². The molecule has 0 N–H and O–H groups in total. The fourth-order valence-electron chi connectivity index (χ4n) is 3.50. The van der Waals surface area contributed by atoms with Crippen LogP contribution in [0.3, 0.4) is 0 Å². The van der Waals surface area contributed by atoms with Crippen LogP contribution in [0.4, 0.5) is 0 Å². The minimum absolute atomic E-state index is 0.233. The molecule has 0 saturated carbocycles. The smallest absolute Gasteiger partial charge is 0.351 e. The van der Waals surface area contributed by atoms with Crippen LogP contribution < -0.4 is 10.4 Å². The van der Waals surface area contributed by atoms with Crippen molar-refractivity contribution < 1.29 is 14.3 Å². The Labute approximate surface area is 192 Å². The van der Waals surface area contributed by atoms with Gasteiger partial charge in [-0.3, -0.25) is 4.57 Å². The summed E-state index contributed by atoms with van der Waals surface area (Å²) in [5.41, 5.74) is 1.98. The molecule has 2 aromatic carbocycles. The number of rotatable bonds is 7. The number of carbonyl (C=O) groups excluding carboxylic acids is 1. The fourth-order valence-corrected chi connectivity index (χ4v) is 3.63. The molecule has 0 aliphatic carbocycles. The Bertz CT molecular complexity index is 1170. The van der Waals surface area contributed by atoms with Gasteiger partial charge in [0.05, 0.1) is 18.8 Å². The largest absolute Gasteiger partial charge is 0.476 e. The van der Waals surface area contributed by atoms with Gasteiger partial charge in [0.1, 0.15) is 11.6 Å². The first-order valence-corrected chi connectivity index (χ1v) is 10.8. The summed E-state index contributed by atoms with van der Waals surface area (Å²) in [5, 5.41) is 5.00. The number of benzene rings is 2. The van der Waals surface area contributed by atoms with E-state index in [2.05, 4.69) is 5.10 Å². The molecule has 0 atom stereocenters. The number of halogens is 1. The summed E-state index contributed by atoms with van der Waals surface area (Å²) in [5.74, 6) is 0.816. The van der Waals surface area contributed by atoms with Gasteiger partial charge >= 0.3 is 11.7 Å². The number of hydrogen-bond acceptors (Lipinski definition) is 5. The van der Waals surface area contributed by atoms with Gasteiger partial charge < -0.3 is 9.47 Å². The maximum absolute atomic E-state index is 13.0. The van der Waals surface area contributed by atoms with Crippen molar-refractivity contribution in [2.24, 2.45) is 0 Å². The molecule has 0 unspecified atom stereocenters. The Morgan fingerprint density at radius 2 is 1.69 bits per heavy atom. The molecule has 0 radical (unpaired) electrons. The number of ether oxygens (including phenoxy) is 2. The summed E-state index contributed by atoms with van der Waals surface area (Å²) in [6.07, 6.45) is 0. The predicted molar refractivity (Wildman–Crippen MR) is 124 cm³/mol. The highest BCUT2D eigenvalue weighted by Gasteiger charge is 2.32. The number of hydrogen-bond donors (Lipinski definition) is 0. The number of aromatic nitrogens is 3. The number of esters is 1. The SMILES string of the molecule is CCOC(=O)C(C)(C)Oc1c(C)cc(Cn2c(C)nn(-c3ccc(Cl)cc3)c2=O)cc1C. The molecule has 0 fully saturated rings. The van der Waals surface area contributed by atoms with Crippen molar-refractivity contribution in [2.45, 2.75) is 53.7 Å². The van der Waals surface area contributed by atoms with Gasteiger partial charge in [-0.15, -0.1) is 0 Å². The standard InChI is InChI=1S/C24H28ClN3O4/c1-7-31-22(29)24(5,6)32-21-15(2)12-18(13-16(21)3)14-27-17(4)26-28(23(27)30)20-10-8-19(25)9-11-20/h8-13H,7,14H2,1-6H3. The van der Waals surface area contributed by atoms with Gasteiger partial charge in [0, 0.05) is 5.02 Å². The predicted octanol–water partition coefficient (Wildman–Crippen LogP) is 4.38. The average molecular weight is 458 g/mol.